The largest absolute Gasteiger partial charge is 0.356 e. The molecule has 22 heavy (non-hydrogen) atoms. The lowest BCUT2D eigenvalue weighted by Crippen LogP contribution is -2.22. The molecule has 0 heterocycles. The summed E-state index contributed by atoms with van der Waals surface area (Å²) in [7, 11) is -2.98. The van der Waals surface area contributed by atoms with Crippen LogP contribution in [0.4, 0.5) is 4.39 Å². The van der Waals surface area contributed by atoms with Crippen LogP contribution in [-0.4, -0.2) is 39.5 Å². The van der Waals surface area contributed by atoms with Crippen LogP contribution in [0.5, 0.6) is 0 Å². The Morgan fingerprint density at radius 3 is 2.68 bits per heavy atom. The Morgan fingerprint density at radius 2 is 2.18 bits per heavy atom. The van der Waals surface area contributed by atoms with Crippen molar-refractivity contribution in [2.75, 3.05) is 20.3 Å². The van der Waals surface area contributed by atoms with E-state index in [1.165, 1.54) is 7.11 Å². The van der Waals surface area contributed by atoms with Gasteiger partial charge in [0.1, 0.15) is 4.90 Å². The van der Waals surface area contributed by atoms with Crippen molar-refractivity contribution in [3.05, 3.63) is 41.2 Å². The van der Waals surface area contributed by atoms with Crippen LogP contribution in [-0.2, 0) is 26.0 Å². The number of rotatable bonds is 8. The van der Waals surface area contributed by atoms with E-state index in [-0.39, 0.29) is 30.0 Å². The molecule has 0 fully saturated rings. The van der Waals surface area contributed by atoms with E-state index in [1.807, 2.05) is 0 Å². The van der Waals surface area contributed by atoms with Crippen molar-refractivity contribution in [3.8, 4) is 0 Å². The van der Waals surface area contributed by atoms with E-state index in [0.29, 0.717) is 17.5 Å². The van der Waals surface area contributed by atoms with Crippen LogP contribution in [0.15, 0.2) is 35.0 Å². The summed E-state index contributed by atoms with van der Waals surface area (Å²) >= 11 is 0. The monoisotopic (exact) mass is 333 g/mol. The molecular weight excluding hydrogens is 313 g/mol. The first-order chi connectivity index (χ1) is 10.3. The fourth-order valence-corrected chi connectivity index (χ4v) is 2.93. The van der Waals surface area contributed by atoms with Gasteiger partial charge in [-0.05, 0) is 23.6 Å². The maximum atomic E-state index is 12.4. The van der Waals surface area contributed by atoms with Gasteiger partial charge in [0, 0.05) is 20.1 Å². The van der Waals surface area contributed by atoms with Crippen molar-refractivity contribution in [3.63, 3.8) is 0 Å². The molecule has 1 atom stereocenters. The molecule has 6 nitrogen and oxygen atoms in total. The molecule has 0 amide bonds. The van der Waals surface area contributed by atoms with Gasteiger partial charge >= 0.3 is 0 Å². The highest BCUT2D eigenvalue weighted by Crippen LogP contribution is 2.22. The summed E-state index contributed by atoms with van der Waals surface area (Å²) in [5.41, 5.74) is 6.35. The Labute approximate surface area is 129 Å². The minimum Gasteiger partial charge on any atom is -0.356 e. The summed E-state index contributed by atoms with van der Waals surface area (Å²) in [6.45, 7) is 1.51. The lowest BCUT2D eigenvalue weighted by atomic mass is 10.1. The third kappa shape index (κ3) is 5.15. The van der Waals surface area contributed by atoms with Crippen molar-refractivity contribution in [1.29, 1.82) is 0 Å². The van der Waals surface area contributed by atoms with Gasteiger partial charge in [0.2, 0.25) is 0 Å². The lowest BCUT2D eigenvalue weighted by Gasteiger charge is -2.18. The molecule has 0 aliphatic rings. The number of hydrogen-bond donors (Lipinski definition) is 2. The number of methoxy groups -OCH3 is 1. The SMILES string of the molecule is COC(Cc1cccc(C)c1S(=O)(=O)O)OCC(=CF)CN. The van der Waals surface area contributed by atoms with Gasteiger partial charge in [-0.15, -0.1) is 0 Å². The Balaban J connectivity index is 2.95. The molecular formula is C14H20FNO5S. The lowest BCUT2D eigenvalue weighted by molar-refractivity contribution is -0.115. The highest BCUT2D eigenvalue weighted by Gasteiger charge is 2.21. The van der Waals surface area contributed by atoms with Gasteiger partial charge in [-0.2, -0.15) is 8.42 Å². The second-order valence-electron chi connectivity index (χ2n) is 4.69. The highest BCUT2D eigenvalue weighted by molar-refractivity contribution is 7.86. The van der Waals surface area contributed by atoms with Gasteiger partial charge in [-0.1, -0.05) is 18.2 Å². The Morgan fingerprint density at radius 1 is 1.50 bits per heavy atom. The average Bonchev–Trinajstić information content (AvgIpc) is 2.45. The molecule has 1 unspecified atom stereocenters. The van der Waals surface area contributed by atoms with Gasteiger partial charge < -0.3 is 15.2 Å². The van der Waals surface area contributed by atoms with Gasteiger partial charge in [0.25, 0.3) is 10.1 Å². The van der Waals surface area contributed by atoms with Crippen molar-refractivity contribution in [2.45, 2.75) is 24.5 Å². The summed E-state index contributed by atoms with van der Waals surface area (Å²) in [6, 6.07) is 4.80. The molecule has 0 radical (unpaired) electrons. The fourth-order valence-electron chi connectivity index (χ4n) is 1.97. The van der Waals surface area contributed by atoms with Crippen LogP contribution in [0, 0.1) is 6.92 Å². The highest BCUT2D eigenvalue weighted by atomic mass is 32.2. The number of benzene rings is 1. The molecule has 0 saturated heterocycles. The van der Waals surface area contributed by atoms with E-state index in [1.54, 1.807) is 25.1 Å². The first-order valence-corrected chi connectivity index (χ1v) is 7.96. The predicted octanol–water partition coefficient (Wildman–Crippen LogP) is 1.59. The zero-order valence-corrected chi connectivity index (χ0v) is 13.3. The number of ether oxygens (including phenoxy) is 2. The second-order valence-corrected chi connectivity index (χ2v) is 6.05. The Kier molecular flexibility index (Phi) is 7.11. The average molecular weight is 333 g/mol. The quantitative estimate of drug-likeness (QED) is 0.554. The van der Waals surface area contributed by atoms with Gasteiger partial charge in [0.15, 0.2) is 6.29 Å². The predicted molar refractivity (Wildman–Crippen MR) is 79.7 cm³/mol. The molecule has 0 bridgehead atoms. The summed E-state index contributed by atoms with van der Waals surface area (Å²) in [4.78, 5) is -0.166. The van der Waals surface area contributed by atoms with Crippen molar-refractivity contribution < 1.29 is 26.8 Å². The normalized spacial score (nSPS) is 14.1. The smallest absolute Gasteiger partial charge is 0.295 e. The minimum absolute atomic E-state index is 0.00759. The zero-order valence-electron chi connectivity index (χ0n) is 12.5. The Bertz CT molecular complexity index is 630. The number of nitrogens with two attached hydrogens (primary N) is 1. The molecule has 0 aromatic heterocycles. The van der Waals surface area contributed by atoms with Crippen LogP contribution >= 0.6 is 0 Å². The zero-order chi connectivity index (χ0) is 16.8. The molecule has 0 aliphatic carbocycles. The molecule has 1 rings (SSSR count). The van der Waals surface area contributed by atoms with Gasteiger partial charge in [0.05, 0.1) is 12.9 Å². The van der Waals surface area contributed by atoms with Gasteiger partial charge in [-0.25, -0.2) is 4.39 Å². The van der Waals surface area contributed by atoms with Crippen molar-refractivity contribution in [2.24, 2.45) is 5.73 Å². The third-order valence-corrected chi connectivity index (χ3v) is 4.17. The second kappa shape index (κ2) is 8.35. The number of halogens is 1. The fraction of sp³-hybridized carbons (Fsp3) is 0.429. The summed E-state index contributed by atoms with van der Waals surface area (Å²) in [5.74, 6) is 0. The molecule has 0 aliphatic heterocycles. The van der Waals surface area contributed by atoms with E-state index < -0.39 is 16.4 Å². The summed E-state index contributed by atoms with van der Waals surface area (Å²) in [5, 5.41) is 0. The molecule has 1 aromatic carbocycles. The van der Waals surface area contributed by atoms with E-state index in [4.69, 9.17) is 15.2 Å². The standard InChI is InChI=1S/C14H20FNO5S/c1-10-4-3-5-12(14(10)22(17,18)19)6-13(20-2)21-9-11(7-15)8-16/h3-5,7,13H,6,8-9,16H2,1-2H3,(H,17,18,19). The molecule has 3 N–H and O–H groups in total. The molecule has 124 valence electrons. The van der Waals surface area contributed by atoms with Crippen molar-refractivity contribution in [1.82, 2.24) is 0 Å². The number of hydrogen-bond acceptors (Lipinski definition) is 5. The first kappa shape index (κ1) is 18.7. The van der Waals surface area contributed by atoms with E-state index >= 15 is 0 Å². The Hall–Kier alpha value is -1.32. The summed E-state index contributed by atoms with van der Waals surface area (Å²) in [6.07, 6.45) is -0.357. The minimum atomic E-state index is -4.36. The van der Waals surface area contributed by atoms with Crippen LogP contribution < -0.4 is 5.73 Å². The molecule has 1 aromatic rings. The van der Waals surface area contributed by atoms with E-state index in [2.05, 4.69) is 0 Å². The van der Waals surface area contributed by atoms with Crippen LogP contribution in [0.3, 0.4) is 0 Å². The maximum absolute atomic E-state index is 12.4. The first-order valence-electron chi connectivity index (χ1n) is 6.52. The molecule has 0 saturated carbocycles. The van der Waals surface area contributed by atoms with E-state index in [0.717, 1.165) is 0 Å². The van der Waals surface area contributed by atoms with Crippen LogP contribution in [0.1, 0.15) is 11.1 Å². The maximum Gasteiger partial charge on any atom is 0.295 e. The molecule has 0 spiro atoms. The third-order valence-electron chi connectivity index (χ3n) is 3.07. The van der Waals surface area contributed by atoms with Crippen LogP contribution in [0.25, 0.3) is 0 Å². The summed E-state index contributed by atoms with van der Waals surface area (Å²) < 4.78 is 55.3. The molecule has 8 heteroatoms. The topological polar surface area (TPSA) is 98.9 Å². The van der Waals surface area contributed by atoms with Gasteiger partial charge in [-0.3, -0.25) is 4.55 Å². The van der Waals surface area contributed by atoms with Crippen molar-refractivity contribution >= 4 is 10.1 Å². The van der Waals surface area contributed by atoms with E-state index in [9.17, 15) is 17.4 Å². The van der Waals surface area contributed by atoms with Crippen LogP contribution in [0.2, 0.25) is 0 Å². The number of aryl methyl sites for hydroxylation is 1.